The third-order valence-electron chi connectivity index (χ3n) is 4.60. The van der Waals surface area contributed by atoms with Gasteiger partial charge in [-0.05, 0) is 61.9 Å². The lowest BCUT2D eigenvalue weighted by Crippen LogP contribution is -2.27. The monoisotopic (exact) mass is 438 g/mol. The highest BCUT2D eigenvalue weighted by Gasteiger charge is 2.21. The van der Waals surface area contributed by atoms with Gasteiger partial charge < -0.3 is 10.1 Å². The van der Waals surface area contributed by atoms with Crippen LogP contribution >= 0.6 is 0 Å². The number of anilines is 1. The second-order valence-corrected chi connectivity index (χ2v) is 9.30. The van der Waals surface area contributed by atoms with Crippen LogP contribution in [0.2, 0.25) is 0 Å². The Morgan fingerprint density at radius 2 is 1.68 bits per heavy atom. The number of nitrogens with zero attached hydrogens (tertiary/aromatic N) is 1. The van der Waals surface area contributed by atoms with Gasteiger partial charge in [0.15, 0.2) is 0 Å². The largest absolute Gasteiger partial charge is 0.491 e. The molecule has 6 nitrogen and oxygen atoms in total. The molecule has 1 amide bonds. The Labute approximate surface area is 183 Å². The summed E-state index contributed by atoms with van der Waals surface area (Å²) in [6.45, 7) is 4.24. The maximum atomic E-state index is 12.8. The van der Waals surface area contributed by atoms with Gasteiger partial charge in [0, 0.05) is 19.2 Å². The Morgan fingerprint density at radius 3 is 2.39 bits per heavy atom. The van der Waals surface area contributed by atoms with E-state index in [0.29, 0.717) is 17.8 Å². The van der Waals surface area contributed by atoms with Crippen molar-refractivity contribution in [1.29, 1.82) is 0 Å². The van der Waals surface area contributed by atoms with Crippen molar-refractivity contribution in [1.82, 2.24) is 5.32 Å². The standard InChI is InChI=1S/C24H26N2O4S/c1-18(2)30-22-12-7-9-19(15-22)17-25-24(27)20-10-8-11-21(16-20)26(3)31(28,29)23-13-5-4-6-14-23/h4-16,18H,17H2,1-3H3,(H,25,27). The summed E-state index contributed by atoms with van der Waals surface area (Å²) in [5.41, 5.74) is 1.69. The van der Waals surface area contributed by atoms with Crippen molar-refractivity contribution in [2.24, 2.45) is 0 Å². The third-order valence-corrected chi connectivity index (χ3v) is 6.40. The molecule has 0 spiro atoms. The predicted octanol–water partition coefficient (Wildman–Crippen LogP) is 4.23. The van der Waals surface area contributed by atoms with E-state index in [4.69, 9.17) is 4.74 Å². The number of hydrogen-bond acceptors (Lipinski definition) is 4. The summed E-state index contributed by atoms with van der Waals surface area (Å²) in [6.07, 6.45) is 0.0664. The first-order valence-corrected chi connectivity index (χ1v) is 11.4. The Bertz CT molecular complexity index is 1150. The molecule has 3 rings (SSSR count). The third kappa shape index (κ3) is 5.64. The van der Waals surface area contributed by atoms with E-state index >= 15 is 0 Å². The van der Waals surface area contributed by atoms with Crippen molar-refractivity contribution < 1.29 is 17.9 Å². The lowest BCUT2D eigenvalue weighted by atomic mass is 10.1. The molecule has 0 radical (unpaired) electrons. The summed E-state index contributed by atoms with van der Waals surface area (Å²) in [5, 5.41) is 2.87. The quantitative estimate of drug-likeness (QED) is 0.571. The SMILES string of the molecule is CC(C)Oc1cccc(CNC(=O)c2cccc(N(C)S(=O)(=O)c3ccccc3)c2)c1. The molecule has 0 fully saturated rings. The highest BCUT2D eigenvalue weighted by atomic mass is 32.2. The summed E-state index contributed by atoms with van der Waals surface area (Å²) < 4.78 is 32.5. The van der Waals surface area contributed by atoms with Crippen molar-refractivity contribution in [3.05, 3.63) is 90.0 Å². The molecule has 162 valence electrons. The fourth-order valence-electron chi connectivity index (χ4n) is 3.02. The van der Waals surface area contributed by atoms with Crippen LogP contribution in [-0.4, -0.2) is 27.5 Å². The molecule has 31 heavy (non-hydrogen) atoms. The van der Waals surface area contributed by atoms with E-state index < -0.39 is 10.0 Å². The van der Waals surface area contributed by atoms with Gasteiger partial charge in [0.05, 0.1) is 16.7 Å². The van der Waals surface area contributed by atoms with E-state index in [1.165, 1.54) is 11.4 Å². The van der Waals surface area contributed by atoms with Gasteiger partial charge in [0.1, 0.15) is 5.75 Å². The van der Waals surface area contributed by atoms with Crippen molar-refractivity contribution >= 4 is 21.6 Å². The van der Waals surface area contributed by atoms with Crippen molar-refractivity contribution in [2.45, 2.75) is 31.4 Å². The van der Waals surface area contributed by atoms with Gasteiger partial charge in [0.25, 0.3) is 15.9 Å². The van der Waals surface area contributed by atoms with E-state index in [-0.39, 0.29) is 16.9 Å². The second-order valence-electron chi connectivity index (χ2n) is 7.33. The normalized spacial score (nSPS) is 11.2. The van der Waals surface area contributed by atoms with Crippen LogP contribution in [0, 0.1) is 0 Å². The summed E-state index contributed by atoms with van der Waals surface area (Å²) in [6, 6.07) is 22.3. The summed E-state index contributed by atoms with van der Waals surface area (Å²) >= 11 is 0. The highest BCUT2D eigenvalue weighted by Crippen LogP contribution is 2.23. The molecule has 0 heterocycles. The number of benzene rings is 3. The van der Waals surface area contributed by atoms with Gasteiger partial charge >= 0.3 is 0 Å². The van der Waals surface area contributed by atoms with Crippen LogP contribution in [0.1, 0.15) is 29.8 Å². The molecule has 0 aliphatic heterocycles. The maximum Gasteiger partial charge on any atom is 0.264 e. The number of sulfonamides is 1. The molecule has 1 N–H and O–H groups in total. The molecule has 0 aliphatic carbocycles. The van der Waals surface area contributed by atoms with Crippen LogP contribution in [0.25, 0.3) is 0 Å². The number of carbonyl (C=O) groups excluding carboxylic acids is 1. The number of carbonyl (C=O) groups is 1. The first-order valence-electron chi connectivity index (χ1n) is 9.95. The Balaban J connectivity index is 1.72. The lowest BCUT2D eigenvalue weighted by molar-refractivity contribution is 0.0951. The zero-order chi connectivity index (χ0) is 22.4. The van der Waals surface area contributed by atoms with Gasteiger partial charge in [-0.15, -0.1) is 0 Å². The first-order chi connectivity index (χ1) is 14.8. The molecular formula is C24H26N2O4S. The van der Waals surface area contributed by atoms with Crippen LogP contribution in [0.4, 0.5) is 5.69 Å². The Kier molecular flexibility index (Phi) is 6.97. The molecule has 0 aromatic heterocycles. The zero-order valence-electron chi connectivity index (χ0n) is 17.8. The molecule has 0 atom stereocenters. The Hall–Kier alpha value is -3.32. The topological polar surface area (TPSA) is 75.7 Å². The van der Waals surface area contributed by atoms with E-state index in [1.807, 2.05) is 38.1 Å². The summed E-state index contributed by atoms with van der Waals surface area (Å²) in [5.74, 6) is 0.457. The minimum atomic E-state index is -3.72. The smallest absolute Gasteiger partial charge is 0.264 e. The van der Waals surface area contributed by atoms with Crippen molar-refractivity contribution in [3.63, 3.8) is 0 Å². The number of amides is 1. The fraction of sp³-hybridized carbons (Fsp3) is 0.208. The molecule has 0 bridgehead atoms. The highest BCUT2D eigenvalue weighted by molar-refractivity contribution is 7.92. The van der Waals surface area contributed by atoms with Crippen LogP contribution in [0.15, 0.2) is 83.8 Å². The van der Waals surface area contributed by atoms with Crippen molar-refractivity contribution in [2.75, 3.05) is 11.4 Å². The minimum Gasteiger partial charge on any atom is -0.491 e. The van der Waals surface area contributed by atoms with Crippen LogP contribution in [0.3, 0.4) is 0 Å². The van der Waals surface area contributed by atoms with Gasteiger partial charge in [-0.2, -0.15) is 0 Å². The van der Waals surface area contributed by atoms with E-state index in [1.54, 1.807) is 54.6 Å². The number of rotatable bonds is 8. The van der Waals surface area contributed by atoms with E-state index in [0.717, 1.165) is 11.3 Å². The molecule has 0 aliphatic rings. The average molecular weight is 439 g/mol. The van der Waals surface area contributed by atoms with Gasteiger partial charge in [-0.3, -0.25) is 9.10 Å². The zero-order valence-corrected chi connectivity index (χ0v) is 18.6. The molecule has 3 aromatic carbocycles. The molecule has 0 saturated carbocycles. The van der Waals surface area contributed by atoms with Crippen LogP contribution in [0.5, 0.6) is 5.75 Å². The van der Waals surface area contributed by atoms with Crippen LogP contribution in [-0.2, 0) is 16.6 Å². The molecule has 0 unspecified atom stereocenters. The van der Waals surface area contributed by atoms with Crippen molar-refractivity contribution in [3.8, 4) is 5.75 Å². The summed E-state index contributed by atoms with van der Waals surface area (Å²) in [7, 11) is -2.25. The number of ether oxygens (including phenoxy) is 1. The van der Waals surface area contributed by atoms with Gasteiger partial charge in [-0.25, -0.2) is 8.42 Å². The lowest BCUT2D eigenvalue weighted by Gasteiger charge is -2.20. The van der Waals surface area contributed by atoms with E-state index in [2.05, 4.69) is 5.32 Å². The number of nitrogens with one attached hydrogen (secondary N) is 1. The van der Waals surface area contributed by atoms with E-state index in [9.17, 15) is 13.2 Å². The predicted molar refractivity (Wildman–Crippen MR) is 122 cm³/mol. The summed E-state index contributed by atoms with van der Waals surface area (Å²) in [4.78, 5) is 12.9. The Morgan fingerprint density at radius 1 is 0.968 bits per heavy atom. The average Bonchev–Trinajstić information content (AvgIpc) is 2.77. The number of hydrogen-bond donors (Lipinski definition) is 1. The molecule has 0 saturated heterocycles. The molecule has 7 heteroatoms. The maximum absolute atomic E-state index is 12.8. The van der Waals surface area contributed by atoms with Gasteiger partial charge in [-0.1, -0.05) is 36.4 Å². The molecular weight excluding hydrogens is 412 g/mol. The second kappa shape index (κ2) is 9.66. The van der Waals surface area contributed by atoms with Crippen LogP contribution < -0.4 is 14.4 Å². The van der Waals surface area contributed by atoms with Gasteiger partial charge in [0.2, 0.25) is 0 Å². The minimum absolute atomic E-state index is 0.0664. The fourth-order valence-corrected chi connectivity index (χ4v) is 4.23. The first kappa shape index (κ1) is 22.4. The molecule has 3 aromatic rings.